The molecule has 1 aromatic rings. The molecule has 0 aromatic heterocycles. The zero-order chi connectivity index (χ0) is 13.9. The van der Waals surface area contributed by atoms with Gasteiger partial charge in [-0.1, -0.05) is 18.2 Å². The van der Waals surface area contributed by atoms with Crippen molar-refractivity contribution < 1.29 is 9.90 Å². The summed E-state index contributed by atoms with van der Waals surface area (Å²) in [7, 11) is 0. The van der Waals surface area contributed by atoms with Gasteiger partial charge in [-0.25, -0.2) is 0 Å². The van der Waals surface area contributed by atoms with Crippen LogP contribution in [0.15, 0.2) is 30.3 Å². The van der Waals surface area contributed by atoms with Crippen molar-refractivity contribution in [2.24, 2.45) is 0 Å². The van der Waals surface area contributed by atoms with Crippen molar-refractivity contribution in [1.82, 2.24) is 4.90 Å². The number of para-hydroxylation sites is 1. The summed E-state index contributed by atoms with van der Waals surface area (Å²) >= 11 is 0. The number of hydrogen-bond donors (Lipinski definition) is 1. The number of hydrogen-bond acceptors (Lipinski definition) is 3. The molecule has 1 saturated heterocycles. The number of nitrogens with zero attached hydrogens (tertiary/aromatic N) is 2. The minimum absolute atomic E-state index is 0.0893. The molecular formula is C15H22N2O2. The Labute approximate surface area is 114 Å². The molecule has 1 aliphatic rings. The molecule has 0 spiro atoms. The lowest BCUT2D eigenvalue weighted by molar-refractivity contribution is -0.119. The highest BCUT2D eigenvalue weighted by atomic mass is 16.3. The Kier molecular flexibility index (Phi) is 4.22. The quantitative estimate of drug-likeness (QED) is 0.894. The van der Waals surface area contributed by atoms with Crippen LogP contribution in [-0.4, -0.2) is 47.7 Å². The van der Waals surface area contributed by atoms with Gasteiger partial charge >= 0.3 is 0 Å². The second-order valence-corrected chi connectivity index (χ2v) is 5.43. The van der Waals surface area contributed by atoms with E-state index in [1.165, 1.54) is 0 Å². The lowest BCUT2D eigenvalue weighted by Crippen LogP contribution is -2.41. The molecule has 0 saturated carbocycles. The summed E-state index contributed by atoms with van der Waals surface area (Å²) < 4.78 is 0. The van der Waals surface area contributed by atoms with Gasteiger partial charge in [0.15, 0.2) is 0 Å². The molecule has 4 heteroatoms. The van der Waals surface area contributed by atoms with E-state index in [-0.39, 0.29) is 5.91 Å². The standard InChI is InChI=1S/C15H22N2O2/c1-3-17(13-7-5-4-6-8-13)14(18)11-16-10-9-15(2,19)12-16/h4-8,19H,3,9-12H2,1-2H3. The van der Waals surface area contributed by atoms with Crippen molar-refractivity contribution in [3.63, 3.8) is 0 Å². The van der Waals surface area contributed by atoms with E-state index < -0.39 is 5.60 Å². The van der Waals surface area contributed by atoms with Crippen molar-refractivity contribution in [2.75, 3.05) is 31.1 Å². The summed E-state index contributed by atoms with van der Waals surface area (Å²) in [5.74, 6) is 0.0893. The van der Waals surface area contributed by atoms with E-state index in [4.69, 9.17) is 0 Å². The van der Waals surface area contributed by atoms with Crippen molar-refractivity contribution in [3.05, 3.63) is 30.3 Å². The molecular weight excluding hydrogens is 240 g/mol. The Hall–Kier alpha value is -1.39. The number of anilines is 1. The molecule has 1 N–H and O–H groups in total. The molecule has 2 rings (SSSR count). The van der Waals surface area contributed by atoms with Crippen molar-refractivity contribution in [1.29, 1.82) is 0 Å². The number of benzene rings is 1. The third-order valence-corrected chi connectivity index (χ3v) is 3.57. The van der Waals surface area contributed by atoms with Gasteiger partial charge in [0.2, 0.25) is 5.91 Å². The van der Waals surface area contributed by atoms with Gasteiger partial charge in [-0.05, 0) is 32.4 Å². The number of likely N-dealkylation sites (N-methyl/N-ethyl adjacent to an activating group) is 1. The maximum atomic E-state index is 12.3. The number of rotatable bonds is 4. The van der Waals surface area contributed by atoms with Gasteiger partial charge in [-0.2, -0.15) is 0 Å². The summed E-state index contributed by atoms with van der Waals surface area (Å²) in [4.78, 5) is 16.2. The van der Waals surface area contributed by atoms with Crippen LogP contribution in [0, 0.1) is 0 Å². The first-order chi connectivity index (χ1) is 9.02. The molecule has 1 heterocycles. The number of likely N-dealkylation sites (tertiary alicyclic amines) is 1. The SMILES string of the molecule is CCN(C(=O)CN1CCC(C)(O)C1)c1ccccc1. The predicted octanol–water partition coefficient (Wildman–Crippen LogP) is 1.50. The Morgan fingerprint density at radius 1 is 1.42 bits per heavy atom. The number of aliphatic hydroxyl groups is 1. The smallest absolute Gasteiger partial charge is 0.241 e. The first-order valence-corrected chi connectivity index (χ1v) is 6.82. The zero-order valence-corrected chi connectivity index (χ0v) is 11.7. The minimum atomic E-state index is -0.649. The first-order valence-electron chi connectivity index (χ1n) is 6.82. The Balaban J connectivity index is 1.99. The molecule has 0 aliphatic carbocycles. The zero-order valence-electron chi connectivity index (χ0n) is 11.7. The Morgan fingerprint density at radius 3 is 2.63 bits per heavy atom. The molecule has 0 bridgehead atoms. The van der Waals surface area contributed by atoms with Gasteiger partial charge in [0.25, 0.3) is 0 Å². The molecule has 1 aliphatic heterocycles. The summed E-state index contributed by atoms with van der Waals surface area (Å²) in [6.07, 6.45) is 0.734. The van der Waals surface area contributed by atoms with Gasteiger partial charge in [0.1, 0.15) is 0 Å². The van der Waals surface area contributed by atoms with Gasteiger partial charge in [-0.15, -0.1) is 0 Å². The second kappa shape index (κ2) is 5.72. The fourth-order valence-electron chi connectivity index (χ4n) is 2.56. The Bertz CT molecular complexity index is 431. The van der Waals surface area contributed by atoms with Crippen LogP contribution in [0.3, 0.4) is 0 Å². The van der Waals surface area contributed by atoms with E-state index in [9.17, 15) is 9.90 Å². The summed E-state index contributed by atoms with van der Waals surface area (Å²) in [5, 5.41) is 9.92. The third kappa shape index (κ3) is 3.55. The van der Waals surface area contributed by atoms with E-state index in [2.05, 4.69) is 0 Å². The van der Waals surface area contributed by atoms with Crippen LogP contribution in [0.4, 0.5) is 5.69 Å². The normalized spacial score (nSPS) is 23.5. The Morgan fingerprint density at radius 2 is 2.11 bits per heavy atom. The largest absolute Gasteiger partial charge is 0.389 e. The van der Waals surface area contributed by atoms with Crippen LogP contribution in [0.25, 0.3) is 0 Å². The fraction of sp³-hybridized carbons (Fsp3) is 0.533. The van der Waals surface area contributed by atoms with Gasteiger partial charge in [0.05, 0.1) is 12.1 Å². The van der Waals surface area contributed by atoms with E-state index in [1.807, 2.05) is 49.1 Å². The second-order valence-electron chi connectivity index (χ2n) is 5.43. The average molecular weight is 262 g/mol. The molecule has 1 amide bonds. The summed E-state index contributed by atoms with van der Waals surface area (Å²) in [6.45, 7) is 6.19. The van der Waals surface area contributed by atoms with Crippen molar-refractivity contribution >= 4 is 11.6 Å². The third-order valence-electron chi connectivity index (χ3n) is 3.57. The molecule has 1 unspecified atom stereocenters. The van der Waals surface area contributed by atoms with Crippen LogP contribution in [0.1, 0.15) is 20.3 Å². The molecule has 4 nitrogen and oxygen atoms in total. The van der Waals surface area contributed by atoms with Crippen LogP contribution < -0.4 is 4.90 Å². The highest BCUT2D eigenvalue weighted by molar-refractivity contribution is 5.94. The number of carbonyl (C=O) groups is 1. The lowest BCUT2D eigenvalue weighted by Gasteiger charge is -2.24. The topological polar surface area (TPSA) is 43.8 Å². The fourth-order valence-corrected chi connectivity index (χ4v) is 2.56. The molecule has 1 aromatic carbocycles. The lowest BCUT2D eigenvalue weighted by atomic mass is 10.1. The number of carbonyl (C=O) groups excluding carboxylic acids is 1. The van der Waals surface area contributed by atoms with Gasteiger partial charge in [0, 0.05) is 25.3 Å². The summed E-state index contributed by atoms with van der Waals surface area (Å²) in [6, 6.07) is 9.71. The predicted molar refractivity (Wildman–Crippen MR) is 76.1 cm³/mol. The highest BCUT2D eigenvalue weighted by Crippen LogP contribution is 2.20. The molecule has 1 atom stereocenters. The van der Waals surface area contributed by atoms with E-state index >= 15 is 0 Å². The van der Waals surface area contributed by atoms with Crippen LogP contribution >= 0.6 is 0 Å². The maximum Gasteiger partial charge on any atom is 0.241 e. The minimum Gasteiger partial charge on any atom is -0.389 e. The molecule has 19 heavy (non-hydrogen) atoms. The van der Waals surface area contributed by atoms with Crippen LogP contribution in [0.2, 0.25) is 0 Å². The average Bonchev–Trinajstić information content (AvgIpc) is 2.71. The van der Waals surface area contributed by atoms with Gasteiger partial charge in [-0.3, -0.25) is 9.69 Å². The number of amides is 1. The van der Waals surface area contributed by atoms with Crippen LogP contribution in [0.5, 0.6) is 0 Å². The van der Waals surface area contributed by atoms with Gasteiger partial charge < -0.3 is 10.0 Å². The monoisotopic (exact) mass is 262 g/mol. The highest BCUT2D eigenvalue weighted by Gasteiger charge is 2.32. The maximum absolute atomic E-state index is 12.3. The first kappa shape index (κ1) is 14.0. The number of β-amino-alcohol motifs (C(OH)–C–C–N with tert-alkyl or cyclic N) is 1. The van der Waals surface area contributed by atoms with Crippen molar-refractivity contribution in [2.45, 2.75) is 25.9 Å². The van der Waals surface area contributed by atoms with E-state index in [1.54, 1.807) is 4.90 Å². The molecule has 0 radical (unpaired) electrons. The van der Waals surface area contributed by atoms with Crippen molar-refractivity contribution in [3.8, 4) is 0 Å². The van der Waals surface area contributed by atoms with Crippen LogP contribution in [-0.2, 0) is 4.79 Å². The molecule has 1 fully saturated rings. The summed E-state index contributed by atoms with van der Waals surface area (Å²) in [5.41, 5.74) is 0.283. The van der Waals surface area contributed by atoms with E-state index in [0.29, 0.717) is 19.6 Å². The van der Waals surface area contributed by atoms with E-state index in [0.717, 1.165) is 18.7 Å². The molecule has 104 valence electrons.